The summed E-state index contributed by atoms with van der Waals surface area (Å²) in [6, 6.07) is 5.53. The number of halogens is 1. The van der Waals surface area contributed by atoms with E-state index in [1.165, 1.54) is 16.6 Å². The van der Waals surface area contributed by atoms with Crippen molar-refractivity contribution in [3.8, 4) is 0 Å². The molecular weight excluding hydrogens is 392 g/mol. The van der Waals surface area contributed by atoms with Crippen molar-refractivity contribution in [3.05, 3.63) is 56.6 Å². The van der Waals surface area contributed by atoms with Crippen LogP contribution in [0.2, 0.25) is 5.02 Å². The Kier molecular flexibility index (Phi) is 5.18. The molecule has 0 atom stereocenters. The van der Waals surface area contributed by atoms with E-state index in [1.54, 1.807) is 19.9 Å². The van der Waals surface area contributed by atoms with Gasteiger partial charge in [0.25, 0.3) is 23.2 Å². The zero-order chi connectivity index (χ0) is 20.4. The van der Waals surface area contributed by atoms with Gasteiger partial charge in [-0.25, -0.2) is 14.3 Å². The second kappa shape index (κ2) is 7.56. The van der Waals surface area contributed by atoms with Gasteiger partial charge in [0, 0.05) is 23.1 Å². The number of aryl methyl sites for hydroxylation is 2. The monoisotopic (exact) mass is 404 g/mol. The summed E-state index contributed by atoms with van der Waals surface area (Å²) in [5.74, 6) is -1.60. The smallest absolute Gasteiger partial charge is 0.378 e. The van der Waals surface area contributed by atoms with Crippen molar-refractivity contribution < 1.29 is 19.2 Å². The minimum Gasteiger partial charge on any atom is -0.450 e. The Bertz CT molecular complexity index is 1110. The number of nitrogens with one attached hydrogen (secondary N) is 1. The highest BCUT2D eigenvalue weighted by Gasteiger charge is 2.19. The van der Waals surface area contributed by atoms with Crippen LogP contribution in [0.5, 0.6) is 0 Å². The molecule has 0 aliphatic heterocycles. The highest BCUT2D eigenvalue weighted by molar-refractivity contribution is 6.32. The first kappa shape index (κ1) is 19.2. The third-order valence-electron chi connectivity index (χ3n) is 3.56. The predicted molar refractivity (Wildman–Crippen MR) is 97.3 cm³/mol. The fraction of sp³-hybridized carbons (Fsp3) is 0.188. The van der Waals surface area contributed by atoms with Gasteiger partial charge < -0.3 is 10.1 Å². The summed E-state index contributed by atoms with van der Waals surface area (Å²) in [7, 11) is 0. The molecule has 0 saturated carbocycles. The van der Waals surface area contributed by atoms with Crippen LogP contribution < -0.4 is 5.32 Å². The van der Waals surface area contributed by atoms with E-state index >= 15 is 0 Å². The van der Waals surface area contributed by atoms with Gasteiger partial charge in [-0.15, -0.1) is 5.10 Å². The molecule has 0 fully saturated rings. The summed E-state index contributed by atoms with van der Waals surface area (Å²) in [4.78, 5) is 42.3. The Labute approximate surface area is 162 Å². The highest BCUT2D eigenvalue weighted by Crippen LogP contribution is 2.27. The van der Waals surface area contributed by atoms with Gasteiger partial charge in [-0.05, 0) is 32.0 Å². The lowest BCUT2D eigenvalue weighted by atomic mass is 10.3. The van der Waals surface area contributed by atoms with Crippen molar-refractivity contribution in [1.82, 2.24) is 19.6 Å². The van der Waals surface area contributed by atoms with Gasteiger partial charge in [-0.3, -0.25) is 14.9 Å². The Morgan fingerprint density at radius 1 is 1.29 bits per heavy atom. The number of esters is 1. The molecule has 0 aliphatic rings. The minimum atomic E-state index is -0.903. The first-order chi connectivity index (χ1) is 13.2. The number of rotatable bonds is 5. The largest absolute Gasteiger partial charge is 0.450 e. The second-order valence-corrected chi connectivity index (χ2v) is 6.14. The minimum absolute atomic E-state index is 0.0634. The maximum atomic E-state index is 12.1. The molecule has 0 bridgehead atoms. The van der Waals surface area contributed by atoms with E-state index < -0.39 is 23.4 Å². The average molecular weight is 405 g/mol. The van der Waals surface area contributed by atoms with Crippen LogP contribution in [-0.2, 0) is 9.53 Å². The Morgan fingerprint density at radius 2 is 2.04 bits per heavy atom. The van der Waals surface area contributed by atoms with Crippen LogP contribution in [0.25, 0.3) is 5.78 Å². The molecule has 12 heteroatoms. The number of ether oxygens (including phenoxy) is 1. The van der Waals surface area contributed by atoms with Crippen LogP contribution in [0.1, 0.15) is 22.0 Å². The van der Waals surface area contributed by atoms with Crippen LogP contribution in [0.15, 0.2) is 24.3 Å². The lowest BCUT2D eigenvalue weighted by Crippen LogP contribution is -2.21. The summed E-state index contributed by atoms with van der Waals surface area (Å²) < 4.78 is 6.27. The average Bonchev–Trinajstić information content (AvgIpc) is 3.05. The number of amides is 1. The fourth-order valence-corrected chi connectivity index (χ4v) is 2.56. The summed E-state index contributed by atoms with van der Waals surface area (Å²) >= 11 is 5.71. The van der Waals surface area contributed by atoms with Crippen LogP contribution in [-0.4, -0.2) is 43.0 Å². The number of carbonyl (C=O) groups excluding carboxylic acids is 2. The van der Waals surface area contributed by atoms with Crippen molar-refractivity contribution >= 4 is 40.6 Å². The van der Waals surface area contributed by atoms with Gasteiger partial charge in [0.15, 0.2) is 6.61 Å². The van der Waals surface area contributed by atoms with Crippen molar-refractivity contribution in [2.45, 2.75) is 13.8 Å². The van der Waals surface area contributed by atoms with Crippen molar-refractivity contribution in [2.24, 2.45) is 0 Å². The summed E-state index contributed by atoms with van der Waals surface area (Å²) in [6.45, 7) is 2.94. The number of hydrogen-bond donors (Lipinski definition) is 1. The van der Waals surface area contributed by atoms with Crippen LogP contribution in [0.3, 0.4) is 0 Å². The summed E-state index contributed by atoms with van der Waals surface area (Å²) in [6.07, 6.45) is 0. The first-order valence-corrected chi connectivity index (χ1v) is 8.24. The van der Waals surface area contributed by atoms with Crippen LogP contribution in [0, 0.1) is 24.0 Å². The molecule has 144 valence electrons. The van der Waals surface area contributed by atoms with Crippen LogP contribution in [0.4, 0.5) is 11.4 Å². The number of fused-ring (bicyclic) bond motifs is 1. The second-order valence-electron chi connectivity index (χ2n) is 5.73. The van der Waals surface area contributed by atoms with Gasteiger partial charge in [-0.2, -0.15) is 4.98 Å². The van der Waals surface area contributed by atoms with E-state index in [4.69, 9.17) is 16.3 Å². The van der Waals surface area contributed by atoms with E-state index in [0.29, 0.717) is 5.69 Å². The third-order valence-corrected chi connectivity index (χ3v) is 3.88. The molecule has 2 heterocycles. The molecule has 0 aliphatic carbocycles. The molecule has 11 nitrogen and oxygen atoms in total. The standard InChI is InChI=1S/C16H13ClN6O5/c1-8-5-9(2)22-16(18-8)20-14(21-22)15(25)28-7-13(24)19-10-3-4-11(17)12(6-10)23(26)27/h3-6H,7H2,1-2H3,(H,19,24). The SMILES string of the molecule is Cc1cc(C)n2nc(C(=O)OCC(=O)Nc3ccc(Cl)c([N+](=O)[O-])c3)nc2n1. The van der Waals surface area contributed by atoms with E-state index in [-0.39, 0.29) is 28.0 Å². The van der Waals surface area contributed by atoms with Crippen LogP contribution >= 0.6 is 11.6 Å². The number of benzene rings is 1. The normalized spacial score (nSPS) is 10.7. The Balaban J connectivity index is 1.65. The van der Waals surface area contributed by atoms with Gasteiger partial charge in [0.05, 0.1) is 4.92 Å². The number of aromatic nitrogens is 4. The van der Waals surface area contributed by atoms with Crippen molar-refractivity contribution in [1.29, 1.82) is 0 Å². The van der Waals surface area contributed by atoms with E-state index in [1.807, 2.05) is 0 Å². The number of nitro benzene ring substituents is 1. The Hall–Kier alpha value is -3.60. The molecule has 28 heavy (non-hydrogen) atoms. The highest BCUT2D eigenvalue weighted by atomic mass is 35.5. The van der Waals surface area contributed by atoms with Crippen molar-refractivity contribution in [2.75, 3.05) is 11.9 Å². The summed E-state index contributed by atoms with van der Waals surface area (Å²) in [5, 5.41) is 17.2. The van der Waals surface area contributed by atoms with Crippen molar-refractivity contribution in [3.63, 3.8) is 0 Å². The molecule has 0 radical (unpaired) electrons. The van der Waals surface area contributed by atoms with E-state index in [9.17, 15) is 19.7 Å². The maximum Gasteiger partial charge on any atom is 0.378 e. The third kappa shape index (κ3) is 4.04. The molecule has 0 unspecified atom stereocenters. The molecule has 0 spiro atoms. The number of nitrogens with zero attached hydrogens (tertiary/aromatic N) is 5. The first-order valence-electron chi connectivity index (χ1n) is 7.86. The number of carbonyl (C=O) groups is 2. The molecular formula is C16H13ClN6O5. The number of hydrogen-bond acceptors (Lipinski definition) is 8. The lowest BCUT2D eigenvalue weighted by molar-refractivity contribution is -0.384. The number of nitro groups is 1. The molecule has 2 aromatic heterocycles. The fourth-order valence-electron chi connectivity index (χ4n) is 2.38. The Morgan fingerprint density at radius 3 is 2.75 bits per heavy atom. The maximum absolute atomic E-state index is 12.1. The molecule has 1 N–H and O–H groups in total. The molecule has 3 rings (SSSR count). The van der Waals surface area contributed by atoms with Gasteiger partial charge >= 0.3 is 5.97 Å². The van der Waals surface area contributed by atoms with E-state index in [2.05, 4.69) is 20.4 Å². The molecule has 1 amide bonds. The zero-order valence-electron chi connectivity index (χ0n) is 14.7. The molecule has 0 saturated heterocycles. The molecule has 1 aromatic carbocycles. The summed E-state index contributed by atoms with van der Waals surface area (Å²) in [5.41, 5.74) is 1.23. The van der Waals surface area contributed by atoms with Gasteiger partial charge in [0.2, 0.25) is 0 Å². The van der Waals surface area contributed by atoms with Gasteiger partial charge in [-0.1, -0.05) is 11.6 Å². The number of anilines is 1. The van der Waals surface area contributed by atoms with Gasteiger partial charge in [0.1, 0.15) is 5.02 Å². The van der Waals surface area contributed by atoms with E-state index in [0.717, 1.165) is 11.8 Å². The zero-order valence-corrected chi connectivity index (χ0v) is 15.4. The topological polar surface area (TPSA) is 142 Å². The lowest BCUT2D eigenvalue weighted by Gasteiger charge is -2.06. The quantitative estimate of drug-likeness (QED) is 0.387. The predicted octanol–water partition coefficient (Wildman–Crippen LogP) is 2.10. The molecule has 3 aromatic rings.